The van der Waals surface area contributed by atoms with Gasteiger partial charge < -0.3 is 14.8 Å². The van der Waals surface area contributed by atoms with Gasteiger partial charge in [0.2, 0.25) is 5.91 Å². The van der Waals surface area contributed by atoms with E-state index in [-0.39, 0.29) is 5.91 Å². The van der Waals surface area contributed by atoms with Gasteiger partial charge in [-0.3, -0.25) is 9.69 Å². The second-order valence-electron chi connectivity index (χ2n) is 7.90. The van der Waals surface area contributed by atoms with E-state index in [1.165, 1.54) is 11.1 Å². The predicted molar refractivity (Wildman–Crippen MR) is 113 cm³/mol. The van der Waals surface area contributed by atoms with Crippen molar-refractivity contribution < 1.29 is 14.3 Å². The zero-order chi connectivity index (χ0) is 19.9. The minimum absolute atomic E-state index is 0.105. The first kappa shape index (κ1) is 20.1. The molecular formula is C24H30N2O3. The summed E-state index contributed by atoms with van der Waals surface area (Å²) in [7, 11) is 0. The monoisotopic (exact) mass is 394 g/mol. The second-order valence-corrected chi connectivity index (χ2v) is 7.90. The Labute approximate surface area is 173 Å². The minimum Gasteiger partial charge on any atom is -0.381 e. The Morgan fingerprint density at radius 1 is 0.862 bits per heavy atom. The van der Waals surface area contributed by atoms with Crippen LogP contribution in [0, 0.1) is 0 Å². The molecule has 4 rings (SSSR count). The summed E-state index contributed by atoms with van der Waals surface area (Å²) in [6.07, 6.45) is 1.44. The summed E-state index contributed by atoms with van der Waals surface area (Å²) < 4.78 is 11.0. The lowest BCUT2D eigenvalue weighted by atomic mass is 9.73. The summed E-state index contributed by atoms with van der Waals surface area (Å²) in [4.78, 5) is 15.8. The summed E-state index contributed by atoms with van der Waals surface area (Å²) in [5.74, 6) is 0.105. The van der Waals surface area contributed by atoms with Crippen LogP contribution in [0.2, 0.25) is 0 Å². The van der Waals surface area contributed by atoms with E-state index in [4.69, 9.17) is 9.47 Å². The molecule has 0 atom stereocenters. The number of carbonyl (C=O) groups is 1. The van der Waals surface area contributed by atoms with Crippen molar-refractivity contribution >= 4 is 5.91 Å². The number of morpholine rings is 1. The number of hydrogen-bond donors (Lipinski definition) is 1. The Kier molecular flexibility index (Phi) is 6.60. The van der Waals surface area contributed by atoms with Gasteiger partial charge in [-0.15, -0.1) is 0 Å². The van der Waals surface area contributed by atoms with Gasteiger partial charge in [0.05, 0.1) is 18.6 Å². The zero-order valence-corrected chi connectivity index (χ0v) is 16.9. The van der Waals surface area contributed by atoms with Crippen LogP contribution in [0.25, 0.3) is 0 Å². The molecule has 0 aliphatic carbocycles. The molecule has 2 heterocycles. The maximum atomic E-state index is 13.4. The zero-order valence-electron chi connectivity index (χ0n) is 16.9. The van der Waals surface area contributed by atoms with E-state index in [1.54, 1.807) is 0 Å². The van der Waals surface area contributed by atoms with Crippen LogP contribution in [0.15, 0.2) is 54.6 Å². The Morgan fingerprint density at radius 3 is 2.21 bits per heavy atom. The SMILES string of the molecule is O=C(NCc1ccccc1CN1CCOCC1)C1(c2ccccc2)CCOCC1. The molecule has 29 heavy (non-hydrogen) atoms. The highest BCUT2D eigenvalue weighted by Crippen LogP contribution is 2.35. The fraction of sp³-hybridized carbons (Fsp3) is 0.458. The molecule has 2 saturated heterocycles. The van der Waals surface area contributed by atoms with Gasteiger partial charge in [-0.25, -0.2) is 0 Å². The Morgan fingerprint density at radius 2 is 1.48 bits per heavy atom. The van der Waals surface area contributed by atoms with Crippen molar-refractivity contribution in [3.05, 3.63) is 71.3 Å². The molecule has 0 saturated carbocycles. The Bertz CT molecular complexity index is 797. The summed E-state index contributed by atoms with van der Waals surface area (Å²) in [5, 5.41) is 3.25. The summed E-state index contributed by atoms with van der Waals surface area (Å²) in [6.45, 7) is 6.19. The number of benzene rings is 2. The van der Waals surface area contributed by atoms with Crippen molar-refractivity contribution in [2.24, 2.45) is 0 Å². The molecule has 1 amide bonds. The van der Waals surface area contributed by atoms with Crippen LogP contribution in [0.5, 0.6) is 0 Å². The molecule has 1 N–H and O–H groups in total. The molecule has 2 aliphatic rings. The van der Waals surface area contributed by atoms with E-state index in [9.17, 15) is 4.79 Å². The summed E-state index contributed by atoms with van der Waals surface area (Å²) in [5.41, 5.74) is 3.04. The van der Waals surface area contributed by atoms with E-state index >= 15 is 0 Å². The number of amides is 1. The van der Waals surface area contributed by atoms with Gasteiger partial charge in [0.25, 0.3) is 0 Å². The maximum absolute atomic E-state index is 13.4. The van der Waals surface area contributed by atoms with Crippen LogP contribution in [-0.4, -0.2) is 50.3 Å². The Balaban J connectivity index is 1.47. The molecule has 154 valence electrons. The average Bonchev–Trinajstić information content (AvgIpc) is 2.80. The molecule has 0 unspecified atom stereocenters. The van der Waals surface area contributed by atoms with Crippen LogP contribution < -0.4 is 5.32 Å². The van der Waals surface area contributed by atoms with Gasteiger partial charge in [0.1, 0.15) is 0 Å². The van der Waals surface area contributed by atoms with E-state index in [2.05, 4.69) is 40.5 Å². The molecule has 0 bridgehead atoms. The second kappa shape index (κ2) is 9.53. The molecule has 2 aliphatic heterocycles. The van der Waals surface area contributed by atoms with Crippen molar-refractivity contribution in [1.82, 2.24) is 10.2 Å². The molecule has 0 aromatic heterocycles. The lowest BCUT2D eigenvalue weighted by Gasteiger charge is -2.36. The molecule has 0 radical (unpaired) electrons. The number of ether oxygens (including phenoxy) is 2. The standard InChI is InChI=1S/C24H30N2O3/c27-23(24(10-14-28-15-11-24)22-8-2-1-3-9-22)25-18-20-6-4-5-7-21(20)19-26-12-16-29-17-13-26/h1-9H,10-19H2,(H,25,27). The van der Waals surface area contributed by atoms with Gasteiger partial charge >= 0.3 is 0 Å². The Hall–Kier alpha value is -2.21. The fourth-order valence-electron chi connectivity index (χ4n) is 4.35. The third kappa shape index (κ3) is 4.69. The van der Waals surface area contributed by atoms with Crippen LogP contribution >= 0.6 is 0 Å². The summed E-state index contributed by atoms with van der Waals surface area (Å²) >= 11 is 0. The topological polar surface area (TPSA) is 50.8 Å². The lowest BCUT2D eigenvalue weighted by molar-refractivity contribution is -0.130. The minimum atomic E-state index is -0.501. The number of hydrogen-bond acceptors (Lipinski definition) is 4. The molecule has 2 aromatic carbocycles. The lowest BCUT2D eigenvalue weighted by Crippen LogP contribution is -2.47. The van der Waals surface area contributed by atoms with E-state index in [0.717, 1.165) is 51.3 Å². The van der Waals surface area contributed by atoms with Crippen molar-refractivity contribution in [2.75, 3.05) is 39.5 Å². The van der Waals surface area contributed by atoms with E-state index in [0.29, 0.717) is 19.8 Å². The van der Waals surface area contributed by atoms with Crippen LogP contribution in [0.4, 0.5) is 0 Å². The predicted octanol–water partition coefficient (Wildman–Crippen LogP) is 2.88. The third-order valence-electron chi connectivity index (χ3n) is 6.16. The number of nitrogens with one attached hydrogen (secondary N) is 1. The van der Waals surface area contributed by atoms with Crippen molar-refractivity contribution in [3.63, 3.8) is 0 Å². The molecule has 2 fully saturated rings. The number of nitrogens with zero attached hydrogens (tertiary/aromatic N) is 1. The van der Waals surface area contributed by atoms with Crippen molar-refractivity contribution in [2.45, 2.75) is 31.3 Å². The molecular weight excluding hydrogens is 364 g/mol. The third-order valence-corrected chi connectivity index (χ3v) is 6.16. The molecule has 2 aromatic rings. The quantitative estimate of drug-likeness (QED) is 0.819. The summed E-state index contributed by atoms with van der Waals surface area (Å²) in [6, 6.07) is 18.6. The average molecular weight is 395 g/mol. The van der Waals surface area contributed by atoms with Crippen LogP contribution in [0.1, 0.15) is 29.5 Å². The highest BCUT2D eigenvalue weighted by molar-refractivity contribution is 5.88. The first-order valence-electron chi connectivity index (χ1n) is 10.6. The van der Waals surface area contributed by atoms with Crippen molar-refractivity contribution in [1.29, 1.82) is 0 Å². The normalized spacial score (nSPS) is 19.6. The van der Waals surface area contributed by atoms with Gasteiger partial charge in [-0.1, -0.05) is 54.6 Å². The highest BCUT2D eigenvalue weighted by Gasteiger charge is 2.41. The maximum Gasteiger partial charge on any atom is 0.231 e. The first-order chi connectivity index (χ1) is 14.3. The first-order valence-corrected chi connectivity index (χ1v) is 10.6. The van der Waals surface area contributed by atoms with Gasteiger partial charge in [0.15, 0.2) is 0 Å². The largest absolute Gasteiger partial charge is 0.381 e. The van der Waals surface area contributed by atoms with E-state index in [1.807, 2.05) is 24.3 Å². The van der Waals surface area contributed by atoms with Gasteiger partial charge in [-0.2, -0.15) is 0 Å². The highest BCUT2D eigenvalue weighted by atomic mass is 16.5. The van der Waals surface area contributed by atoms with Gasteiger partial charge in [0, 0.05) is 39.4 Å². The number of carbonyl (C=O) groups excluding carboxylic acids is 1. The van der Waals surface area contributed by atoms with E-state index < -0.39 is 5.41 Å². The van der Waals surface area contributed by atoms with Crippen molar-refractivity contribution in [3.8, 4) is 0 Å². The molecule has 5 heteroatoms. The smallest absolute Gasteiger partial charge is 0.231 e. The molecule has 0 spiro atoms. The van der Waals surface area contributed by atoms with Crippen LogP contribution in [-0.2, 0) is 32.8 Å². The number of rotatable bonds is 6. The van der Waals surface area contributed by atoms with Crippen LogP contribution in [0.3, 0.4) is 0 Å². The molecule has 5 nitrogen and oxygen atoms in total. The fourth-order valence-corrected chi connectivity index (χ4v) is 4.35. The van der Waals surface area contributed by atoms with Gasteiger partial charge in [-0.05, 0) is 29.5 Å².